The van der Waals surface area contributed by atoms with Crippen molar-refractivity contribution in [3.05, 3.63) is 35.5 Å². The van der Waals surface area contributed by atoms with Crippen LogP contribution in [0.1, 0.15) is 104 Å². The van der Waals surface area contributed by atoms with Crippen molar-refractivity contribution in [1.29, 1.82) is 0 Å². The topological polar surface area (TPSA) is 60.7 Å². The average Bonchev–Trinajstić information content (AvgIpc) is 3.21. The molecule has 0 aromatic rings. The molecule has 0 saturated heterocycles. The molecule has 3 nitrogen and oxygen atoms in total. The Morgan fingerprint density at radius 2 is 1.61 bits per heavy atom. The molecule has 38 heavy (non-hydrogen) atoms. The Kier molecular flexibility index (Phi) is 7.24. The molecule has 3 N–H and O–H groups in total. The molecular weight excluding hydrogens is 468 g/mol. The van der Waals surface area contributed by atoms with E-state index in [1.54, 1.807) is 5.57 Å². The third-order valence-corrected chi connectivity index (χ3v) is 12.2. The molecule has 2 unspecified atom stereocenters. The van der Waals surface area contributed by atoms with Crippen molar-refractivity contribution in [2.24, 2.45) is 46.3 Å². The molecule has 0 amide bonds. The summed E-state index contributed by atoms with van der Waals surface area (Å²) in [5.74, 6) is 11.2. The molecule has 7 saturated carbocycles. The van der Waals surface area contributed by atoms with Crippen LogP contribution >= 0.6 is 0 Å². The zero-order valence-electron chi connectivity index (χ0n) is 23.8. The van der Waals surface area contributed by atoms with Gasteiger partial charge in [0.1, 0.15) is 6.10 Å². The zero-order valence-corrected chi connectivity index (χ0v) is 23.8. The number of hydrogen-bond donors (Lipinski definition) is 3. The first kappa shape index (κ1) is 26.9. The first-order chi connectivity index (χ1) is 18.1. The summed E-state index contributed by atoms with van der Waals surface area (Å²) in [6.45, 7) is 8.65. The Labute approximate surface area is 230 Å². The van der Waals surface area contributed by atoms with E-state index in [0.29, 0.717) is 41.6 Å². The highest BCUT2D eigenvalue weighted by Crippen LogP contribution is 2.62. The molecule has 0 heterocycles. The van der Waals surface area contributed by atoms with Crippen LogP contribution in [0.25, 0.3) is 0 Å². The maximum atomic E-state index is 11.1. The van der Waals surface area contributed by atoms with E-state index < -0.39 is 18.3 Å². The summed E-state index contributed by atoms with van der Waals surface area (Å²) >= 11 is 0. The van der Waals surface area contributed by atoms with Gasteiger partial charge < -0.3 is 15.3 Å². The lowest BCUT2D eigenvalue weighted by Gasteiger charge is -2.57. The first-order valence-electron chi connectivity index (χ1n) is 15.8. The Morgan fingerprint density at radius 3 is 2.24 bits per heavy atom. The molecular formula is C35H50O3. The van der Waals surface area contributed by atoms with E-state index in [1.807, 2.05) is 0 Å². The van der Waals surface area contributed by atoms with Crippen molar-refractivity contribution in [1.82, 2.24) is 0 Å². The number of aliphatic hydroxyl groups is 3. The van der Waals surface area contributed by atoms with Crippen molar-refractivity contribution < 1.29 is 15.3 Å². The van der Waals surface area contributed by atoms with Gasteiger partial charge in [0, 0.05) is 5.92 Å². The van der Waals surface area contributed by atoms with E-state index in [1.165, 1.54) is 64.2 Å². The lowest BCUT2D eigenvalue weighted by molar-refractivity contribution is -0.0696. The van der Waals surface area contributed by atoms with Gasteiger partial charge in [0.15, 0.2) is 0 Å². The monoisotopic (exact) mass is 518 g/mol. The van der Waals surface area contributed by atoms with Gasteiger partial charge in [-0.15, -0.1) is 0 Å². The van der Waals surface area contributed by atoms with E-state index in [0.717, 1.165) is 36.2 Å². The molecule has 7 aliphatic rings. The van der Waals surface area contributed by atoms with Crippen LogP contribution in [0.3, 0.4) is 0 Å². The summed E-state index contributed by atoms with van der Waals surface area (Å²) in [5, 5.41) is 31.5. The standard InChI is InChI=1S/C35H50O3/c1-22(6-9-29(36)21-35-18-25-13-26(19-35)15-27(14-25)20-35)30-10-11-31-28(5-4-12-34(30,31)3)8-7-24-16-32(37)23(2)33(38)17-24/h7-8,22,25-27,29-33,36-38H,2,4-5,10-21H2,1,3H3/t22-,25?,26?,27?,29?,30-,31?,32-,33-,34-,35?/m1/s1. The van der Waals surface area contributed by atoms with Crippen LogP contribution in [0.2, 0.25) is 0 Å². The molecule has 7 atom stereocenters. The Hall–Kier alpha value is -1.34. The third kappa shape index (κ3) is 5.00. The Balaban J connectivity index is 1.11. The molecule has 4 bridgehead atoms. The van der Waals surface area contributed by atoms with E-state index in [4.69, 9.17) is 0 Å². The maximum Gasteiger partial charge on any atom is 0.115 e. The maximum absolute atomic E-state index is 11.1. The second kappa shape index (κ2) is 10.2. The van der Waals surface area contributed by atoms with Crippen LogP contribution in [0.15, 0.2) is 35.5 Å². The van der Waals surface area contributed by atoms with Crippen LogP contribution in [0.4, 0.5) is 0 Å². The molecule has 208 valence electrons. The molecule has 0 aromatic carbocycles. The van der Waals surface area contributed by atoms with Crippen LogP contribution in [-0.2, 0) is 0 Å². The van der Waals surface area contributed by atoms with Gasteiger partial charge in [-0.2, -0.15) is 0 Å². The number of hydrogen-bond acceptors (Lipinski definition) is 3. The fraction of sp³-hybridized carbons (Fsp3) is 0.771. The van der Waals surface area contributed by atoms with Crippen LogP contribution in [0, 0.1) is 58.2 Å². The van der Waals surface area contributed by atoms with Crippen LogP contribution in [0.5, 0.6) is 0 Å². The van der Waals surface area contributed by atoms with E-state index >= 15 is 0 Å². The molecule has 7 rings (SSSR count). The van der Waals surface area contributed by atoms with Crippen molar-refractivity contribution in [2.45, 2.75) is 122 Å². The molecule has 7 aliphatic carbocycles. The molecule has 7 fully saturated rings. The predicted molar refractivity (Wildman–Crippen MR) is 153 cm³/mol. The fourth-order valence-electron chi connectivity index (χ4n) is 10.9. The highest BCUT2D eigenvalue weighted by Gasteiger charge is 2.52. The minimum absolute atomic E-state index is 0.265. The Bertz CT molecular complexity index is 1000. The average molecular weight is 519 g/mol. The number of allylic oxidation sites excluding steroid dienone is 3. The summed E-state index contributed by atoms with van der Waals surface area (Å²) in [7, 11) is 0. The summed E-state index contributed by atoms with van der Waals surface area (Å²) in [6, 6.07) is 0. The zero-order chi connectivity index (χ0) is 26.7. The third-order valence-electron chi connectivity index (χ3n) is 12.2. The van der Waals surface area contributed by atoms with Crippen molar-refractivity contribution >= 4 is 0 Å². The number of rotatable bonds is 4. The molecule has 3 heteroatoms. The van der Waals surface area contributed by atoms with Gasteiger partial charge >= 0.3 is 0 Å². The summed E-state index contributed by atoms with van der Waals surface area (Å²) in [4.78, 5) is 0. The van der Waals surface area contributed by atoms with Gasteiger partial charge in [-0.1, -0.05) is 55.6 Å². The fourth-order valence-corrected chi connectivity index (χ4v) is 10.9. The smallest absolute Gasteiger partial charge is 0.115 e. The van der Waals surface area contributed by atoms with Gasteiger partial charge in [-0.05, 0) is 136 Å². The van der Waals surface area contributed by atoms with E-state index in [-0.39, 0.29) is 5.41 Å². The highest BCUT2D eigenvalue weighted by atomic mass is 16.3. The molecule has 0 aromatic heterocycles. The lowest BCUT2D eigenvalue weighted by Crippen LogP contribution is -2.47. The predicted octanol–water partition coefficient (Wildman–Crippen LogP) is 6.73. The minimum atomic E-state index is -0.631. The van der Waals surface area contributed by atoms with Gasteiger partial charge in [-0.25, -0.2) is 0 Å². The van der Waals surface area contributed by atoms with Gasteiger partial charge in [0.2, 0.25) is 0 Å². The number of aliphatic hydroxyl groups excluding tert-OH is 3. The molecule has 0 aliphatic heterocycles. The lowest BCUT2D eigenvalue weighted by atomic mass is 9.48. The van der Waals surface area contributed by atoms with Crippen molar-refractivity contribution in [3.8, 4) is 11.8 Å². The SMILES string of the molecule is C=C1[C@H](O)CC(=CC=C2CCC[C@@]3(C)C2CC[C@@H]3[C@H](C)C#CC(O)CC23CC4CC(CC(C4)C2)C3)C[C@H]1O. The summed E-state index contributed by atoms with van der Waals surface area (Å²) < 4.78 is 0. The second-order valence-electron chi connectivity index (χ2n) is 14.9. The normalized spacial score (nSPS) is 46.4. The minimum Gasteiger partial charge on any atom is -0.388 e. The van der Waals surface area contributed by atoms with Crippen LogP contribution < -0.4 is 0 Å². The Morgan fingerprint density at radius 1 is 0.974 bits per heavy atom. The van der Waals surface area contributed by atoms with E-state index in [2.05, 4.69) is 44.4 Å². The van der Waals surface area contributed by atoms with Gasteiger partial charge in [0.05, 0.1) is 12.2 Å². The van der Waals surface area contributed by atoms with Crippen LogP contribution in [-0.4, -0.2) is 33.6 Å². The second-order valence-corrected chi connectivity index (χ2v) is 14.9. The van der Waals surface area contributed by atoms with Gasteiger partial charge in [0.25, 0.3) is 0 Å². The van der Waals surface area contributed by atoms with Crippen molar-refractivity contribution in [3.63, 3.8) is 0 Å². The van der Waals surface area contributed by atoms with E-state index in [9.17, 15) is 15.3 Å². The number of fused-ring (bicyclic) bond motifs is 1. The van der Waals surface area contributed by atoms with Gasteiger partial charge in [-0.3, -0.25) is 0 Å². The largest absolute Gasteiger partial charge is 0.388 e. The quantitative estimate of drug-likeness (QED) is 0.285. The molecule has 0 radical (unpaired) electrons. The first-order valence-corrected chi connectivity index (χ1v) is 15.8. The summed E-state index contributed by atoms with van der Waals surface area (Å²) in [5.41, 5.74) is 3.87. The molecule has 0 spiro atoms. The summed E-state index contributed by atoms with van der Waals surface area (Å²) in [6.07, 6.45) is 19.3. The van der Waals surface area contributed by atoms with Crippen molar-refractivity contribution in [2.75, 3.05) is 0 Å². The highest BCUT2D eigenvalue weighted by molar-refractivity contribution is 5.30.